The molecular weight excluding hydrogens is 288 g/mol. The van der Waals surface area contributed by atoms with E-state index < -0.39 is 0 Å². The number of benzene rings is 1. The number of carbonyl (C=O) groups excluding carboxylic acids is 1. The summed E-state index contributed by atoms with van der Waals surface area (Å²) in [6, 6.07) is 5.39. The SMILES string of the molecule is COC(=O)CCCOc1ccc(Br)c(CO)c1. The maximum atomic E-state index is 10.9. The molecule has 0 amide bonds. The lowest BCUT2D eigenvalue weighted by Gasteiger charge is -2.08. The summed E-state index contributed by atoms with van der Waals surface area (Å²) in [6.07, 6.45) is 0.955. The second kappa shape index (κ2) is 7.29. The molecule has 5 heteroatoms. The van der Waals surface area contributed by atoms with Crippen LogP contribution in [0.1, 0.15) is 18.4 Å². The molecule has 0 atom stereocenters. The van der Waals surface area contributed by atoms with Gasteiger partial charge in [-0.25, -0.2) is 0 Å². The van der Waals surface area contributed by atoms with E-state index >= 15 is 0 Å². The monoisotopic (exact) mass is 302 g/mol. The maximum absolute atomic E-state index is 10.9. The second-order valence-corrected chi connectivity index (χ2v) is 4.29. The summed E-state index contributed by atoms with van der Waals surface area (Å²) >= 11 is 3.32. The molecular formula is C12H15BrO4. The lowest BCUT2D eigenvalue weighted by atomic mass is 10.2. The van der Waals surface area contributed by atoms with Crippen molar-refractivity contribution >= 4 is 21.9 Å². The zero-order valence-electron chi connectivity index (χ0n) is 9.61. The minimum absolute atomic E-state index is 0.0417. The molecule has 0 aliphatic heterocycles. The van der Waals surface area contributed by atoms with Crippen molar-refractivity contribution in [1.82, 2.24) is 0 Å². The smallest absolute Gasteiger partial charge is 0.305 e. The van der Waals surface area contributed by atoms with Crippen molar-refractivity contribution in [3.05, 3.63) is 28.2 Å². The largest absolute Gasteiger partial charge is 0.494 e. The number of aliphatic hydroxyl groups excluding tert-OH is 1. The molecule has 4 nitrogen and oxygen atoms in total. The Morgan fingerprint density at radius 1 is 1.47 bits per heavy atom. The minimum Gasteiger partial charge on any atom is -0.494 e. The van der Waals surface area contributed by atoms with Crippen molar-refractivity contribution in [2.75, 3.05) is 13.7 Å². The fraction of sp³-hybridized carbons (Fsp3) is 0.417. The number of methoxy groups -OCH3 is 1. The van der Waals surface area contributed by atoms with Gasteiger partial charge < -0.3 is 14.6 Å². The summed E-state index contributed by atoms with van der Waals surface area (Å²) < 4.78 is 10.8. The van der Waals surface area contributed by atoms with Gasteiger partial charge in [-0.15, -0.1) is 0 Å². The Balaban J connectivity index is 2.39. The van der Waals surface area contributed by atoms with Gasteiger partial charge in [-0.3, -0.25) is 4.79 Å². The van der Waals surface area contributed by atoms with E-state index in [1.54, 1.807) is 12.1 Å². The number of hydrogen-bond acceptors (Lipinski definition) is 4. The van der Waals surface area contributed by atoms with Gasteiger partial charge in [0.15, 0.2) is 0 Å². The standard InChI is InChI=1S/C12H15BrO4/c1-16-12(15)3-2-6-17-10-4-5-11(13)9(7-10)8-14/h4-5,7,14H,2-3,6,8H2,1H3. The number of hydrogen-bond donors (Lipinski definition) is 1. The van der Waals surface area contributed by atoms with E-state index in [2.05, 4.69) is 20.7 Å². The number of halogens is 1. The van der Waals surface area contributed by atoms with Crippen LogP contribution in [-0.2, 0) is 16.1 Å². The van der Waals surface area contributed by atoms with E-state index in [1.165, 1.54) is 7.11 Å². The predicted octanol–water partition coefficient (Wildman–Crippen LogP) is 2.27. The molecule has 0 aromatic heterocycles. The molecule has 1 N–H and O–H groups in total. The van der Waals surface area contributed by atoms with Crippen LogP contribution in [0.5, 0.6) is 5.75 Å². The first-order valence-electron chi connectivity index (χ1n) is 5.26. The van der Waals surface area contributed by atoms with Gasteiger partial charge in [0.2, 0.25) is 0 Å². The normalized spacial score (nSPS) is 10.1. The molecule has 0 bridgehead atoms. The highest BCUT2D eigenvalue weighted by molar-refractivity contribution is 9.10. The van der Waals surface area contributed by atoms with Crippen LogP contribution < -0.4 is 4.74 Å². The average molecular weight is 303 g/mol. The molecule has 0 aliphatic carbocycles. The number of ether oxygens (including phenoxy) is 2. The molecule has 0 fully saturated rings. The average Bonchev–Trinajstić information content (AvgIpc) is 2.36. The zero-order valence-corrected chi connectivity index (χ0v) is 11.2. The molecule has 0 heterocycles. The van der Waals surface area contributed by atoms with Crippen molar-refractivity contribution < 1.29 is 19.4 Å². The van der Waals surface area contributed by atoms with Gasteiger partial charge in [-0.2, -0.15) is 0 Å². The Morgan fingerprint density at radius 2 is 2.24 bits per heavy atom. The van der Waals surface area contributed by atoms with Crippen LogP contribution in [0.3, 0.4) is 0 Å². The summed E-state index contributed by atoms with van der Waals surface area (Å²) in [5, 5.41) is 9.07. The molecule has 1 aromatic rings. The fourth-order valence-corrected chi connectivity index (χ4v) is 1.64. The molecule has 17 heavy (non-hydrogen) atoms. The molecule has 0 saturated carbocycles. The van der Waals surface area contributed by atoms with Crippen LogP contribution in [0.15, 0.2) is 22.7 Å². The highest BCUT2D eigenvalue weighted by atomic mass is 79.9. The van der Waals surface area contributed by atoms with E-state index in [0.29, 0.717) is 25.2 Å². The third-order valence-corrected chi connectivity index (χ3v) is 2.98. The molecule has 0 unspecified atom stereocenters. The number of esters is 1. The maximum Gasteiger partial charge on any atom is 0.305 e. The van der Waals surface area contributed by atoms with Crippen molar-refractivity contribution in [3.63, 3.8) is 0 Å². The van der Waals surface area contributed by atoms with Gasteiger partial charge in [0, 0.05) is 10.9 Å². The topological polar surface area (TPSA) is 55.8 Å². The van der Waals surface area contributed by atoms with E-state index in [4.69, 9.17) is 9.84 Å². The van der Waals surface area contributed by atoms with Gasteiger partial charge in [0.05, 0.1) is 20.3 Å². The quantitative estimate of drug-likeness (QED) is 0.647. The minimum atomic E-state index is -0.236. The first-order valence-corrected chi connectivity index (χ1v) is 6.05. The first kappa shape index (κ1) is 14.0. The van der Waals surface area contributed by atoms with Gasteiger partial charge >= 0.3 is 5.97 Å². The van der Waals surface area contributed by atoms with Crippen molar-refractivity contribution in [2.24, 2.45) is 0 Å². The number of rotatable bonds is 6. The predicted molar refractivity (Wildman–Crippen MR) is 66.8 cm³/mol. The third kappa shape index (κ3) is 4.75. The lowest BCUT2D eigenvalue weighted by Crippen LogP contribution is -2.04. The van der Waals surface area contributed by atoms with Crippen molar-refractivity contribution in [2.45, 2.75) is 19.4 Å². The van der Waals surface area contributed by atoms with Gasteiger partial charge in [-0.05, 0) is 30.2 Å². The molecule has 0 radical (unpaired) electrons. The third-order valence-electron chi connectivity index (χ3n) is 2.21. The summed E-state index contributed by atoms with van der Waals surface area (Å²) in [7, 11) is 1.37. The summed E-state index contributed by atoms with van der Waals surface area (Å²) in [5.74, 6) is 0.447. The Bertz CT molecular complexity index is 379. The van der Waals surface area contributed by atoms with Crippen LogP contribution in [0, 0.1) is 0 Å². The molecule has 1 aromatic carbocycles. The number of carbonyl (C=O) groups is 1. The van der Waals surface area contributed by atoms with Gasteiger partial charge in [-0.1, -0.05) is 15.9 Å². The molecule has 1 rings (SSSR count). The summed E-state index contributed by atoms with van der Waals surface area (Å²) in [4.78, 5) is 10.9. The van der Waals surface area contributed by atoms with E-state index in [1.807, 2.05) is 6.07 Å². The number of aliphatic hydroxyl groups is 1. The van der Waals surface area contributed by atoms with Crippen LogP contribution in [0.2, 0.25) is 0 Å². The fourth-order valence-electron chi connectivity index (χ4n) is 1.27. The molecule has 0 saturated heterocycles. The van der Waals surface area contributed by atoms with Gasteiger partial charge in [0.25, 0.3) is 0 Å². The first-order chi connectivity index (χ1) is 8.17. The lowest BCUT2D eigenvalue weighted by molar-refractivity contribution is -0.140. The molecule has 94 valence electrons. The highest BCUT2D eigenvalue weighted by Gasteiger charge is 2.03. The van der Waals surface area contributed by atoms with Crippen LogP contribution >= 0.6 is 15.9 Å². The van der Waals surface area contributed by atoms with Crippen molar-refractivity contribution in [3.8, 4) is 5.75 Å². The van der Waals surface area contributed by atoms with Gasteiger partial charge in [0.1, 0.15) is 5.75 Å². The van der Waals surface area contributed by atoms with Crippen molar-refractivity contribution in [1.29, 1.82) is 0 Å². The Morgan fingerprint density at radius 3 is 2.88 bits per heavy atom. The van der Waals surface area contributed by atoms with Crippen LogP contribution in [0.25, 0.3) is 0 Å². The summed E-state index contributed by atoms with van der Waals surface area (Å²) in [6.45, 7) is 0.404. The van der Waals surface area contributed by atoms with E-state index in [9.17, 15) is 4.79 Å². The van der Waals surface area contributed by atoms with Crippen LogP contribution in [-0.4, -0.2) is 24.8 Å². The Hall–Kier alpha value is -1.07. The second-order valence-electron chi connectivity index (χ2n) is 3.44. The Labute approximate surface area is 109 Å². The zero-order chi connectivity index (χ0) is 12.7. The van der Waals surface area contributed by atoms with E-state index in [-0.39, 0.29) is 12.6 Å². The highest BCUT2D eigenvalue weighted by Crippen LogP contribution is 2.22. The molecule has 0 spiro atoms. The molecule has 0 aliphatic rings. The Kier molecular flexibility index (Phi) is 6.00. The van der Waals surface area contributed by atoms with E-state index in [0.717, 1.165) is 10.0 Å². The summed E-state index contributed by atoms with van der Waals surface area (Å²) in [5.41, 5.74) is 0.774. The van der Waals surface area contributed by atoms with Crippen LogP contribution in [0.4, 0.5) is 0 Å².